The molecule has 0 radical (unpaired) electrons. The normalized spacial score (nSPS) is 12.3. The van der Waals surface area contributed by atoms with Crippen LogP contribution in [0.1, 0.15) is 23.7 Å². The van der Waals surface area contributed by atoms with Crippen molar-refractivity contribution in [3.05, 3.63) is 59.7 Å². The molecule has 3 nitrogen and oxygen atoms in total. The minimum absolute atomic E-state index is 0.104. The Hall–Kier alpha value is -1.74. The monoisotopic (exact) mass is 241 g/mol. The van der Waals surface area contributed by atoms with Gasteiger partial charge in [0.25, 0.3) is 0 Å². The quantitative estimate of drug-likeness (QED) is 0.872. The van der Waals surface area contributed by atoms with Crippen LogP contribution in [-0.2, 0) is 19.3 Å². The second-order valence-corrected chi connectivity index (χ2v) is 4.54. The summed E-state index contributed by atoms with van der Waals surface area (Å²) >= 11 is 0. The van der Waals surface area contributed by atoms with Crippen molar-refractivity contribution in [2.24, 2.45) is 5.73 Å². The Morgan fingerprint density at radius 2 is 1.83 bits per heavy atom. The van der Waals surface area contributed by atoms with E-state index in [1.54, 1.807) is 12.4 Å². The molecule has 0 amide bonds. The highest BCUT2D eigenvalue weighted by Crippen LogP contribution is 2.07. The average molecular weight is 241 g/mol. The van der Waals surface area contributed by atoms with E-state index in [1.807, 2.05) is 18.3 Å². The van der Waals surface area contributed by atoms with E-state index in [2.05, 4.69) is 29.0 Å². The van der Waals surface area contributed by atoms with Gasteiger partial charge >= 0.3 is 0 Å². The minimum Gasteiger partial charge on any atom is -0.327 e. The molecule has 1 atom stereocenters. The van der Waals surface area contributed by atoms with Gasteiger partial charge in [0.2, 0.25) is 0 Å². The molecule has 18 heavy (non-hydrogen) atoms. The molecule has 2 rings (SSSR count). The zero-order valence-corrected chi connectivity index (χ0v) is 10.7. The fourth-order valence-corrected chi connectivity index (χ4v) is 1.95. The molecule has 0 saturated carbocycles. The number of aryl methyl sites for hydroxylation is 1. The lowest BCUT2D eigenvalue weighted by Gasteiger charge is -2.11. The molecule has 2 N–H and O–H groups in total. The van der Waals surface area contributed by atoms with E-state index in [9.17, 15) is 0 Å². The van der Waals surface area contributed by atoms with E-state index in [0.29, 0.717) is 0 Å². The van der Waals surface area contributed by atoms with E-state index >= 15 is 0 Å². The molecule has 2 heterocycles. The first kappa shape index (κ1) is 12.7. The van der Waals surface area contributed by atoms with Crippen molar-refractivity contribution >= 4 is 0 Å². The molecule has 0 bridgehead atoms. The molecule has 1 unspecified atom stereocenters. The smallest absolute Gasteiger partial charge is 0.0419 e. The fraction of sp³-hybridized carbons (Fsp3) is 0.333. The highest BCUT2D eigenvalue weighted by atomic mass is 14.7. The molecule has 0 aromatic carbocycles. The van der Waals surface area contributed by atoms with Gasteiger partial charge in [0.05, 0.1) is 0 Å². The minimum atomic E-state index is 0.104. The van der Waals surface area contributed by atoms with Crippen molar-refractivity contribution in [1.29, 1.82) is 0 Å². The van der Waals surface area contributed by atoms with Crippen LogP contribution in [-0.4, -0.2) is 16.0 Å². The number of hydrogen-bond donors (Lipinski definition) is 1. The molecule has 0 aliphatic heterocycles. The average Bonchev–Trinajstić information content (AvgIpc) is 2.40. The molecule has 2 aromatic heterocycles. The van der Waals surface area contributed by atoms with E-state index < -0.39 is 0 Å². The van der Waals surface area contributed by atoms with Crippen LogP contribution >= 0.6 is 0 Å². The summed E-state index contributed by atoms with van der Waals surface area (Å²) in [5, 5.41) is 0. The van der Waals surface area contributed by atoms with E-state index in [1.165, 1.54) is 11.1 Å². The van der Waals surface area contributed by atoms with Crippen LogP contribution in [0, 0.1) is 0 Å². The Bertz CT molecular complexity index is 465. The number of nitrogens with zero attached hydrogens (tertiary/aromatic N) is 2. The fourth-order valence-electron chi connectivity index (χ4n) is 1.95. The van der Waals surface area contributed by atoms with Gasteiger partial charge in [-0.2, -0.15) is 0 Å². The molecular formula is C15H19N3. The SMILES string of the molecule is CCc1ccc(CC(N)Cc2ccncc2)nc1. The number of nitrogens with two attached hydrogens (primary N) is 1. The summed E-state index contributed by atoms with van der Waals surface area (Å²) in [4.78, 5) is 8.44. The number of hydrogen-bond acceptors (Lipinski definition) is 3. The highest BCUT2D eigenvalue weighted by molar-refractivity contribution is 5.16. The van der Waals surface area contributed by atoms with Gasteiger partial charge < -0.3 is 5.73 Å². The zero-order chi connectivity index (χ0) is 12.8. The van der Waals surface area contributed by atoms with Gasteiger partial charge in [0.15, 0.2) is 0 Å². The number of rotatable bonds is 5. The van der Waals surface area contributed by atoms with Crippen molar-refractivity contribution in [1.82, 2.24) is 9.97 Å². The summed E-state index contributed by atoms with van der Waals surface area (Å²) in [5.74, 6) is 0. The van der Waals surface area contributed by atoms with Crippen LogP contribution in [0.2, 0.25) is 0 Å². The summed E-state index contributed by atoms with van der Waals surface area (Å²) in [6.07, 6.45) is 8.24. The van der Waals surface area contributed by atoms with Crippen molar-refractivity contribution in [2.75, 3.05) is 0 Å². The third-order valence-corrected chi connectivity index (χ3v) is 3.01. The maximum Gasteiger partial charge on any atom is 0.0419 e. The lowest BCUT2D eigenvalue weighted by Crippen LogP contribution is -2.26. The van der Waals surface area contributed by atoms with Crippen LogP contribution in [0.5, 0.6) is 0 Å². The topological polar surface area (TPSA) is 51.8 Å². The second kappa shape index (κ2) is 6.26. The highest BCUT2D eigenvalue weighted by Gasteiger charge is 2.06. The predicted octanol–water partition coefficient (Wildman–Crippen LogP) is 2.15. The standard InChI is InChI=1S/C15H19N3/c1-2-12-3-4-15(18-11-12)10-14(16)9-13-5-7-17-8-6-13/h3-8,11,14H,2,9-10,16H2,1H3. The second-order valence-electron chi connectivity index (χ2n) is 4.54. The van der Waals surface area contributed by atoms with Gasteiger partial charge in [-0.25, -0.2) is 0 Å². The van der Waals surface area contributed by atoms with Gasteiger partial charge in [-0.05, 0) is 42.2 Å². The first-order valence-corrected chi connectivity index (χ1v) is 6.36. The van der Waals surface area contributed by atoms with Crippen LogP contribution in [0.25, 0.3) is 0 Å². The molecule has 94 valence electrons. The van der Waals surface area contributed by atoms with Gasteiger partial charge in [-0.1, -0.05) is 13.0 Å². The molecule has 0 saturated heterocycles. The lowest BCUT2D eigenvalue weighted by atomic mass is 10.0. The molecule has 3 heteroatoms. The van der Waals surface area contributed by atoms with Gasteiger partial charge in [-0.15, -0.1) is 0 Å². The van der Waals surface area contributed by atoms with Crippen molar-refractivity contribution in [3.8, 4) is 0 Å². The molecular weight excluding hydrogens is 222 g/mol. The third-order valence-electron chi connectivity index (χ3n) is 3.01. The Balaban J connectivity index is 1.92. The molecule has 0 aliphatic rings. The molecule has 0 spiro atoms. The van der Waals surface area contributed by atoms with Crippen LogP contribution in [0.15, 0.2) is 42.9 Å². The van der Waals surface area contributed by atoms with Crippen LogP contribution in [0.3, 0.4) is 0 Å². The van der Waals surface area contributed by atoms with Crippen molar-refractivity contribution in [3.63, 3.8) is 0 Å². The van der Waals surface area contributed by atoms with Gasteiger partial charge in [-0.3, -0.25) is 9.97 Å². The molecule has 0 fully saturated rings. The lowest BCUT2D eigenvalue weighted by molar-refractivity contribution is 0.653. The third kappa shape index (κ3) is 3.64. The summed E-state index contributed by atoms with van der Waals surface area (Å²) in [6, 6.07) is 8.32. The van der Waals surface area contributed by atoms with Gasteiger partial charge in [0, 0.05) is 36.7 Å². The van der Waals surface area contributed by atoms with Crippen molar-refractivity contribution < 1.29 is 0 Å². The maximum atomic E-state index is 6.15. The Labute approximate surface area is 108 Å². The first-order chi connectivity index (χ1) is 8.78. The predicted molar refractivity (Wildman–Crippen MR) is 73.2 cm³/mol. The zero-order valence-electron chi connectivity index (χ0n) is 10.7. The Morgan fingerprint density at radius 1 is 1.06 bits per heavy atom. The van der Waals surface area contributed by atoms with Crippen molar-refractivity contribution in [2.45, 2.75) is 32.2 Å². The largest absolute Gasteiger partial charge is 0.327 e. The number of pyridine rings is 2. The maximum absolute atomic E-state index is 6.15. The van der Waals surface area contributed by atoms with E-state index in [4.69, 9.17) is 5.73 Å². The molecule has 2 aromatic rings. The summed E-state index contributed by atoms with van der Waals surface area (Å²) in [5.41, 5.74) is 9.70. The Morgan fingerprint density at radius 3 is 2.44 bits per heavy atom. The first-order valence-electron chi connectivity index (χ1n) is 6.36. The van der Waals surface area contributed by atoms with E-state index in [-0.39, 0.29) is 6.04 Å². The van der Waals surface area contributed by atoms with Gasteiger partial charge in [0.1, 0.15) is 0 Å². The summed E-state index contributed by atoms with van der Waals surface area (Å²) in [6.45, 7) is 2.13. The molecule has 0 aliphatic carbocycles. The van der Waals surface area contributed by atoms with Crippen LogP contribution < -0.4 is 5.73 Å². The van der Waals surface area contributed by atoms with E-state index in [0.717, 1.165) is 25.0 Å². The Kier molecular flexibility index (Phi) is 4.42. The number of aromatic nitrogens is 2. The summed E-state index contributed by atoms with van der Waals surface area (Å²) < 4.78 is 0. The summed E-state index contributed by atoms with van der Waals surface area (Å²) in [7, 11) is 0. The van der Waals surface area contributed by atoms with Crippen LogP contribution in [0.4, 0.5) is 0 Å².